The molecule has 1 aromatic carbocycles. The molecule has 2 heterocycles. The van der Waals surface area contributed by atoms with Crippen LogP contribution in [-0.4, -0.2) is 43.6 Å². The molecular formula is C17H23N3O5S. The summed E-state index contributed by atoms with van der Waals surface area (Å²) in [7, 11) is -0.604. The molecule has 2 aromatic rings. The molecule has 0 amide bonds. The molecule has 8 nitrogen and oxygen atoms in total. The van der Waals surface area contributed by atoms with E-state index in [4.69, 9.17) is 14.0 Å². The van der Waals surface area contributed by atoms with Crippen LogP contribution in [0, 0.1) is 0 Å². The van der Waals surface area contributed by atoms with Gasteiger partial charge in [0.15, 0.2) is 5.82 Å². The monoisotopic (exact) mass is 381 g/mol. The van der Waals surface area contributed by atoms with Crippen LogP contribution in [0.15, 0.2) is 33.7 Å². The third-order valence-corrected chi connectivity index (χ3v) is 6.34. The Hall–Kier alpha value is -1.97. The van der Waals surface area contributed by atoms with Crippen LogP contribution in [-0.2, 0) is 21.4 Å². The molecule has 1 aliphatic heterocycles. The van der Waals surface area contributed by atoms with Crippen molar-refractivity contribution in [3.8, 4) is 5.75 Å². The standard InChI is InChI=1S/C17H23N3O5S/c1-23-12-16-18-17(19-25-16)15-6-4-3-5-11-20(15)26(21,22)14-9-7-13(24-2)8-10-14/h7-10,15H,3-6,11-12H2,1-2H3. The maximum absolute atomic E-state index is 13.2. The molecule has 3 rings (SSSR count). The molecule has 0 radical (unpaired) electrons. The molecule has 1 atom stereocenters. The fraction of sp³-hybridized carbons (Fsp3) is 0.529. The molecule has 0 aliphatic carbocycles. The van der Waals surface area contributed by atoms with Crippen molar-refractivity contribution in [3.05, 3.63) is 36.0 Å². The molecule has 0 saturated carbocycles. The minimum absolute atomic E-state index is 0.199. The number of rotatable bonds is 6. The molecule has 9 heteroatoms. The minimum atomic E-state index is -3.69. The number of methoxy groups -OCH3 is 2. The summed E-state index contributed by atoms with van der Waals surface area (Å²) in [6.07, 6.45) is 3.33. The van der Waals surface area contributed by atoms with Gasteiger partial charge in [-0.05, 0) is 37.1 Å². The highest BCUT2D eigenvalue weighted by Gasteiger charge is 2.36. The van der Waals surface area contributed by atoms with Gasteiger partial charge in [-0.15, -0.1) is 0 Å². The van der Waals surface area contributed by atoms with Gasteiger partial charge in [0.05, 0.1) is 18.0 Å². The van der Waals surface area contributed by atoms with Gasteiger partial charge >= 0.3 is 0 Å². The van der Waals surface area contributed by atoms with E-state index in [0.29, 0.717) is 30.4 Å². The van der Waals surface area contributed by atoms with Crippen molar-refractivity contribution < 1.29 is 22.4 Å². The molecule has 0 N–H and O–H groups in total. The van der Waals surface area contributed by atoms with Gasteiger partial charge in [-0.3, -0.25) is 0 Å². The second-order valence-corrected chi connectivity index (χ2v) is 8.03. The first-order valence-electron chi connectivity index (χ1n) is 8.53. The Morgan fingerprint density at radius 2 is 1.96 bits per heavy atom. The molecule has 1 unspecified atom stereocenters. The van der Waals surface area contributed by atoms with E-state index in [9.17, 15) is 8.42 Å². The van der Waals surface area contributed by atoms with Gasteiger partial charge in [0.2, 0.25) is 10.0 Å². The summed E-state index contributed by atoms with van der Waals surface area (Å²) in [6.45, 7) is 0.623. The highest BCUT2D eigenvalue weighted by molar-refractivity contribution is 7.89. The Morgan fingerprint density at radius 1 is 1.19 bits per heavy atom. The Bertz CT molecular complexity index is 819. The molecule has 1 saturated heterocycles. The number of ether oxygens (including phenoxy) is 2. The molecule has 26 heavy (non-hydrogen) atoms. The van der Waals surface area contributed by atoms with Crippen LogP contribution in [0.1, 0.15) is 43.4 Å². The van der Waals surface area contributed by atoms with E-state index in [1.54, 1.807) is 31.4 Å². The highest BCUT2D eigenvalue weighted by Crippen LogP contribution is 2.33. The number of hydrogen-bond donors (Lipinski definition) is 0. The van der Waals surface area contributed by atoms with Crippen LogP contribution < -0.4 is 4.74 Å². The van der Waals surface area contributed by atoms with Gasteiger partial charge < -0.3 is 14.0 Å². The van der Waals surface area contributed by atoms with Gasteiger partial charge in [-0.1, -0.05) is 18.0 Å². The topological polar surface area (TPSA) is 94.8 Å². The molecule has 1 aromatic heterocycles. The Balaban J connectivity index is 1.94. The van der Waals surface area contributed by atoms with Crippen LogP contribution in [0.3, 0.4) is 0 Å². The number of sulfonamides is 1. The molecular weight excluding hydrogens is 358 g/mol. The molecule has 1 fully saturated rings. The number of aromatic nitrogens is 2. The smallest absolute Gasteiger partial charge is 0.252 e. The predicted molar refractivity (Wildman–Crippen MR) is 93.1 cm³/mol. The van der Waals surface area contributed by atoms with Crippen LogP contribution in [0.5, 0.6) is 5.75 Å². The summed E-state index contributed by atoms with van der Waals surface area (Å²) in [5, 5.41) is 3.99. The SMILES string of the molecule is COCc1nc(C2CCCCCN2S(=O)(=O)c2ccc(OC)cc2)no1. The third-order valence-electron chi connectivity index (χ3n) is 4.42. The lowest BCUT2D eigenvalue weighted by Crippen LogP contribution is -2.35. The highest BCUT2D eigenvalue weighted by atomic mass is 32.2. The van der Waals surface area contributed by atoms with Crippen LogP contribution in [0.2, 0.25) is 0 Å². The zero-order valence-corrected chi connectivity index (χ0v) is 15.7. The normalized spacial score (nSPS) is 19.2. The summed E-state index contributed by atoms with van der Waals surface area (Å²) < 4.78 is 43.2. The van der Waals surface area contributed by atoms with E-state index >= 15 is 0 Å². The Labute approximate surface area is 153 Å². The lowest BCUT2D eigenvalue weighted by molar-refractivity contribution is 0.151. The van der Waals surface area contributed by atoms with Crippen molar-refractivity contribution in [1.29, 1.82) is 0 Å². The fourth-order valence-corrected chi connectivity index (χ4v) is 4.75. The quantitative estimate of drug-likeness (QED) is 0.759. The van der Waals surface area contributed by atoms with Gasteiger partial charge in [0.1, 0.15) is 12.4 Å². The largest absolute Gasteiger partial charge is 0.497 e. The zero-order valence-electron chi connectivity index (χ0n) is 14.9. The van der Waals surface area contributed by atoms with E-state index in [0.717, 1.165) is 19.3 Å². The number of benzene rings is 1. The first-order chi connectivity index (χ1) is 12.6. The van der Waals surface area contributed by atoms with E-state index in [1.165, 1.54) is 11.4 Å². The van der Waals surface area contributed by atoms with Crippen molar-refractivity contribution in [2.75, 3.05) is 20.8 Å². The van der Waals surface area contributed by atoms with Gasteiger partial charge in [-0.25, -0.2) is 8.42 Å². The Kier molecular flexibility index (Phi) is 5.90. The summed E-state index contributed by atoms with van der Waals surface area (Å²) in [6, 6.07) is 5.96. The molecule has 0 bridgehead atoms. The summed E-state index contributed by atoms with van der Waals surface area (Å²) in [4.78, 5) is 4.55. The van der Waals surface area contributed by atoms with E-state index in [1.807, 2.05) is 0 Å². The second-order valence-electron chi connectivity index (χ2n) is 6.14. The lowest BCUT2D eigenvalue weighted by atomic mass is 10.1. The summed E-state index contributed by atoms with van der Waals surface area (Å²) >= 11 is 0. The van der Waals surface area contributed by atoms with Crippen molar-refractivity contribution >= 4 is 10.0 Å². The molecule has 142 valence electrons. The summed E-state index contributed by atoms with van der Waals surface area (Å²) in [5.74, 6) is 1.34. The van der Waals surface area contributed by atoms with Crippen molar-refractivity contribution in [2.45, 2.75) is 43.2 Å². The van der Waals surface area contributed by atoms with Crippen LogP contribution in [0.25, 0.3) is 0 Å². The Morgan fingerprint density at radius 3 is 2.65 bits per heavy atom. The van der Waals surface area contributed by atoms with E-state index < -0.39 is 16.1 Å². The van der Waals surface area contributed by atoms with Gasteiger partial charge in [0.25, 0.3) is 5.89 Å². The first-order valence-corrected chi connectivity index (χ1v) is 9.97. The molecule has 0 spiro atoms. The lowest BCUT2D eigenvalue weighted by Gasteiger charge is -2.27. The second kappa shape index (κ2) is 8.15. The molecule has 1 aliphatic rings. The zero-order chi connectivity index (χ0) is 18.6. The summed E-state index contributed by atoms with van der Waals surface area (Å²) in [5.41, 5.74) is 0. The minimum Gasteiger partial charge on any atom is -0.497 e. The van der Waals surface area contributed by atoms with Crippen molar-refractivity contribution in [3.63, 3.8) is 0 Å². The maximum Gasteiger partial charge on any atom is 0.252 e. The fourth-order valence-electron chi connectivity index (χ4n) is 3.10. The average Bonchev–Trinajstić information content (AvgIpc) is 2.96. The van der Waals surface area contributed by atoms with Crippen LogP contribution >= 0.6 is 0 Å². The van der Waals surface area contributed by atoms with E-state index in [2.05, 4.69) is 10.1 Å². The maximum atomic E-state index is 13.2. The van der Waals surface area contributed by atoms with E-state index in [-0.39, 0.29) is 11.5 Å². The van der Waals surface area contributed by atoms with Crippen LogP contribution in [0.4, 0.5) is 0 Å². The average molecular weight is 381 g/mol. The number of hydrogen-bond acceptors (Lipinski definition) is 7. The first kappa shape index (κ1) is 18.8. The van der Waals surface area contributed by atoms with Crippen molar-refractivity contribution in [1.82, 2.24) is 14.4 Å². The van der Waals surface area contributed by atoms with Crippen molar-refractivity contribution in [2.24, 2.45) is 0 Å². The van der Waals surface area contributed by atoms with Gasteiger partial charge in [0, 0.05) is 13.7 Å². The van der Waals surface area contributed by atoms with Gasteiger partial charge in [-0.2, -0.15) is 9.29 Å². The predicted octanol–water partition coefficient (Wildman–Crippen LogP) is 2.53. The third kappa shape index (κ3) is 3.89. The number of nitrogens with zero attached hydrogens (tertiary/aromatic N) is 3.